The Morgan fingerprint density at radius 2 is 1.65 bits per heavy atom. The molecule has 0 aliphatic heterocycles. The summed E-state index contributed by atoms with van der Waals surface area (Å²) in [5, 5.41) is 3.76. The van der Waals surface area contributed by atoms with E-state index in [1.807, 2.05) is 0 Å². The summed E-state index contributed by atoms with van der Waals surface area (Å²) in [4.78, 5) is 0. The fourth-order valence-corrected chi connectivity index (χ4v) is 3.17. The van der Waals surface area contributed by atoms with E-state index >= 15 is 0 Å². The smallest absolute Gasteiger partial charge is 0.0325 e. The molecule has 0 amide bonds. The molecule has 0 radical (unpaired) electrons. The highest BCUT2D eigenvalue weighted by molar-refractivity contribution is 9.10. The van der Waals surface area contributed by atoms with Crippen LogP contribution < -0.4 is 5.32 Å². The summed E-state index contributed by atoms with van der Waals surface area (Å²) in [7, 11) is 0. The normalized spacial score (nSPS) is 13.9. The van der Waals surface area contributed by atoms with Gasteiger partial charge in [0.25, 0.3) is 0 Å². The lowest BCUT2D eigenvalue weighted by Gasteiger charge is -2.24. The summed E-state index contributed by atoms with van der Waals surface area (Å²) < 4.78 is 1.17. The van der Waals surface area contributed by atoms with Gasteiger partial charge >= 0.3 is 0 Å². The minimum absolute atomic E-state index is 0.322. The third-order valence-corrected chi connectivity index (χ3v) is 4.32. The lowest BCUT2D eigenvalue weighted by Crippen LogP contribution is -2.24. The third kappa shape index (κ3) is 3.94. The number of hydrogen-bond acceptors (Lipinski definition) is 1. The van der Waals surface area contributed by atoms with E-state index < -0.39 is 0 Å². The Hall–Kier alpha value is -1.12. The molecule has 0 saturated carbocycles. The van der Waals surface area contributed by atoms with Gasteiger partial charge in [0.1, 0.15) is 0 Å². The molecule has 0 aromatic heterocycles. The van der Waals surface area contributed by atoms with Gasteiger partial charge in [0.05, 0.1) is 0 Å². The molecule has 0 fully saturated rings. The summed E-state index contributed by atoms with van der Waals surface area (Å²) in [5.41, 5.74) is 2.68. The molecule has 2 rings (SSSR count). The first kappa shape index (κ1) is 15.3. The van der Waals surface area contributed by atoms with Crippen molar-refractivity contribution in [1.29, 1.82) is 0 Å². The van der Waals surface area contributed by atoms with Gasteiger partial charge in [-0.05, 0) is 30.5 Å². The van der Waals surface area contributed by atoms with Gasteiger partial charge < -0.3 is 5.32 Å². The zero-order chi connectivity index (χ0) is 14.4. The highest BCUT2D eigenvalue weighted by Crippen LogP contribution is 2.27. The van der Waals surface area contributed by atoms with Crippen molar-refractivity contribution in [3.8, 4) is 0 Å². The second-order valence-electron chi connectivity index (χ2n) is 5.16. The minimum Gasteiger partial charge on any atom is -0.303 e. The zero-order valence-corrected chi connectivity index (χ0v) is 13.7. The third-order valence-electron chi connectivity index (χ3n) is 3.60. The van der Waals surface area contributed by atoms with Crippen molar-refractivity contribution in [2.45, 2.75) is 38.8 Å². The van der Waals surface area contributed by atoms with Gasteiger partial charge in [-0.3, -0.25) is 0 Å². The first-order valence-corrected chi connectivity index (χ1v) is 8.07. The van der Waals surface area contributed by atoms with Gasteiger partial charge in [0.15, 0.2) is 0 Å². The van der Waals surface area contributed by atoms with Crippen molar-refractivity contribution in [3.63, 3.8) is 0 Å². The number of rotatable bonds is 6. The summed E-state index contributed by atoms with van der Waals surface area (Å²) in [6.07, 6.45) is 2.33. The molecule has 1 nitrogen and oxygen atoms in total. The quantitative estimate of drug-likeness (QED) is 0.722. The topological polar surface area (TPSA) is 12.0 Å². The molecule has 2 aromatic rings. The van der Waals surface area contributed by atoms with E-state index in [1.165, 1.54) is 22.0 Å². The zero-order valence-electron chi connectivity index (χ0n) is 12.1. The van der Waals surface area contributed by atoms with Crippen molar-refractivity contribution in [3.05, 3.63) is 70.2 Å². The fourth-order valence-electron chi connectivity index (χ4n) is 2.54. The predicted octanol–water partition coefficient (Wildman–Crippen LogP) is 5.64. The molecule has 106 valence electrons. The molecule has 0 spiro atoms. The highest BCUT2D eigenvalue weighted by atomic mass is 79.9. The van der Waals surface area contributed by atoms with Crippen LogP contribution in [-0.4, -0.2) is 0 Å². The standard InChI is InChI=1S/C18H22BrN/c1-3-9-18(15-10-5-4-6-11-15)20-14(2)16-12-7-8-13-17(16)19/h4-8,10-14,18,20H,3,9H2,1-2H3/t14-,18?/m1/s1. The van der Waals surface area contributed by atoms with Crippen LogP contribution in [-0.2, 0) is 0 Å². The van der Waals surface area contributed by atoms with Crippen LogP contribution >= 0.6 is 15.9 Å². The molecule has 0 aliphatic rings. The molecular formula is C18H22BrN. The second-order valence-corrected chi connectivity index (χ2v) is 6.02. The number of hydrogen-bond donors (Lipinski definition) is 1. The molecule has 0 saturated heterocycles. The molecule has 2 aromatic carbocycles. The molecule has 1 unspecified atom stereocenters. The number of nitrogens with one attached hydrogen (secondary N) is 1. The van der Waals surface area contributed by atoms with Gasteiger partial charge in [-0.2, -0.15) is 0 Å². The largest absolute Gasteiger partial charge is 0.303 e. The summed E-state index contributed by atoms with van der Waals surface area (Å²) in [5.74, 6) is 0. The van der Waals surface area contributed by atoms with Crippen molar-refractivity contribution >= 4 is 15.9 Å². The molecule has 0 heterocycles. The summed E-state index contributed by atoms with van der Waals surface area (Å²) in [6.45, 7) is 4.46. The van der Waals surface area contributed by atoms with Crippen LogP contribution in [0, 0.1) is 0 Å². The summed E-state index contributed by atoms with van der Waals surface area (Å²) in [6, 6.07) is 19.9. The van der Waals surface area contributed by atoms with Crippen molar-refractivity contribution in [2.75, 3.05) is 0 Å². The average molecular weight is 332 g/mol. The van der Waals surface area contributed by atoms with Crippen LogP contribution in [0.25, 0.3) is 0 Å². The van der Waals surface area contributed by atoms with Crippen molar-refractivity contribution in [1.82, 2.24) is 5.32 Å². The Morgan fingerprint density at radius 3 is 2.30 bits per heavy atom. The second kappa shape index (κ2) is 7.61. The van der Waals surface area contributed by atoms with E-state index in [4.69, 9.17) is 0 Å². The Bertz CT molecular complexity index is 524. The lowest BCUT2D eigenvalue weighted by atomic mass is 10.00. The SMILES string of the molecule is CCCC(N[C@H](C)c1ccccc1Br)c1ccccc1. The van der Waals surface area contributed by atoms with Crippen LogP contribution in [0.15, 0.2) is 59.1 Å². The Morgan fingerprint density at radius 1 is 1.00 bits per heavy atom. The lowest BCUT2D eigenvalue weighted by molar-refractivity contribution is 0.439. The number of halogens is 1. The fraction of sp³-hybridized carbons (Fsp3) is 0.333. The number of benzene rings is 2. The van der Waals surface area contributed by atoms with Crippen LogP contribution in [0.4, 0.5) is 0 Å². The first-order valence-electron chi connectivity index (χ1n) is 7.27. The van der Waals surface area contributed by atoms with Crippen molar-refractivity contribution in [2.24, 2.45) is 0 Å². The van der Waals surface area contributed by atoms with Gasteiger partial charge in [0.2, 0.25) is 0 Å². The molecule has 0 bridgehead atoms. The van der Waals surface area contributed by atoms with E-state index in [-0.39, 0.29) is 0 Å². The van der Waals surface area contributed by atoms with Crippen molar-refractivity contribution < 1.29 is 0 Å². The van der Waals surface area contributed by atoms with Gasteiger partial charge in [-0.25, -0.2) is 0 Å². The molecule has 0 aliphatic carbocycles. The Balaban J connectivity index is 2.14. The van der Waals surface area contributed by atoms with E-state index in [2.05, 4.69) is 89.7 Å². The Kier molecular flexibility index (Phi) is 5.81. The van der Waals surface area contributed by atoms with E-state index in [0.29, 0.717) is 12.1 Å². The van der Waals surface area contributed by atoms with E-state index in [1.54, 1.807) is 0 Å². The maximum Gasteiger partial charge on any atom is 0.0325 e. The van der Waals surface area contributed by atoms with E-state index in [0.717, 1.165) is 6.42 Å². The molecule has 20 heavy (non-hydrogen) atoms. The molecular weight excluding hydrogens is 310 g/mol. The molecule has 2 heteroatoms. The highest BCUT2D eigenvalue weighted by Gasteiger charge is 2.15. The maximum absolute atomic E-state index is 3.76. The molecule has 1 N–H and O–H groups in total. The minimum atomic E-state index is 0.322. The van der Waals surface area contributed by atoms with Crippen LogP contribution in [0.5, 0.6) is 0 Å². The van der Waals surface area contributed by atoms with Crippen LogP contribution in [0.2, 0.25) is 0 Å². The molecule has 2 atom stereocenters. The predicted molar refractivity (Wildman–Crippen MR) is 89.8 cm³/mol. The maximum atomic E-state index is 3.76. The summed E-state index contributed by atoms with van der Waals surface area (Å²) >= 11 is 3.64. The average Bonchev–Trinajstić information content (AvgIpc) is 2.48. The Labute approximate surface area is 130 Å². The van der Waals surface area contributed by atoms with Gasteiger partial charge in [0, 0.05) is 16.6 Å². The van der Waals surface area contributed by atoms with Gasteiger partial charge in [-0.15, -0.1) is 0 Å². The van der Waals surface area contributed by atoms with Gasteiger partial charge in [-0.1, -0.05) is 77.8 Å². The van der Waals surface area contributed by atoms with Crippen LogP contribution in [0.1, 0.15) is 49.9 Å². The monoisotopic (exact) mass is 331 g/mol. The first-order chi connectivity index (χ1) is 9.72. The van der Waals surface area contributed by atoms with Crippen LogP contribution in [0.3, 0.4) is 0 Å². The van der Waals surface area contributed by atoms with E-state index in [9.17, 15) is 0 Å².